The van der Waals surface area contributed by atoms with Crippen LogP contribution in [0, 0.1) is 6.92 Å². The van der Waals surface area contributed by atoms with E-state index in [0.717, 1.165) is 37.2 Å². The van der Waals surface area contributed by atoms with Gasteiger partial charge in [0.25, 0.3) is 0 Å². The molecular weight excluding hydrogens is 362 g/mol. The summed E-state index contributed by atoms with van der Waals surface area (Å²) in [5.41, 5.74) is 3.63. The third kappa shape index (κ3) is 3.41. The Bertz CT molecular complexity index is 1050. The Morgan fingerprint density at radius 2 is 2.00 bits per heavy atom. The summed E-state index contributed by atoms with van der Waals surface area (Å²) < 4.78 is 5.73. The summed E-state index contributed by atoms with van der Waals surface area (Å²) in [7, 11) is 0. The molecule has 1 unspecified atom stereocenters. The van der Waals surface area contributed by atoms with Gasteiger partial charge in [-0.3, -0.25) is 4.98 Å². The van der Waals surface area contributed by atoms with Crippen molar-refractivity contribution in [1.82, 2.24) is 15.2 Å². The van der Waals surface area contributed by atoms with Crippen LogP contribution in [-0.2, 0) is 0 Å². The summed E-state index contributed by atoms with van der Waals surface area (Å²) in [4.78, 5) is 19.0. The lowest BCUT2D eigenvalue weighted by molar-refractivity contribution is 0.175. The summed E-state index contributed by atoms with van der Waals surface area (Å²) in [6, 6.07) is 14.6. The van der Waals surface area contributed by atoms with E-state index >= 15 is 0 Å². The summed E-state index contributed by atoms with van der Waals surface area (Å²) in [6.45, 7) is 4.11. The van der Waals surface area contributed by atoms with Gasteiger partial charge in [-0.1, -0.05) is 35.9 Å². The van der Waals surface area contributed by atoms with E-state index in [1.165, 1.54) is 21.9 Å². The number of aryl methyl sites for hydroxylation is 1. The highest BCUT2D eigenvalue weighted by molar-refractivity contribution is 5.85. The van der Waals surface area contributed by atoms with Crippen LogP contribution in [0.15, 0.2) is 54.9 Å². The first-order valence-electron chi connectivity index (χ1n) is 10.3. The lowest BCUT2D eigenvalue weighted by atomic mass is 9.87. The normalized spacial score (nSPS) is 19.1. The van der Waals surface area contributed by atoms with Crippen LogP contribution in [0.4, 0.5) is 4.79 Å². The van der Waals surface area contributed by atoms with Gasteiger partial charge >= 0.3 is 6.03 Å². The Hall–Kier alpha value is -3.08. The minimum atomic E-state index is -0.0688. The SMILES string of the molecule is Cc1ccc2c(c1)C(NC(=O)N1CCC(c3cccc4cnccc34)CC1)CO2. The molecule has 5 rings (SSSR count). The monoisotopic (exact) mass is 387 g/mol. The van der Waals surface area contributed by atoms with Gasteiger partial charge in [0, 0.05) is 36.4 Å². The Balaban J connectivity index is 1.24. The molecule has 1 saturated heterocycles. The van der Waals surface area contributed by atoms with Crippen molar-refractivity contribution in [2.24, 2.45) is 0 Å². The van der Waals surface area contributed by atoms with Crippen LogP contribution < -0.4 is 10.1 Å². The molecule has 5 nitrogen and oxygen atoms in total. The molecule has 0 radical (unpaired) electrons. The van der Waals surface area contributed by atoms with Crippen molar-refractivity contribution in [3.05, 3.63) is 71.5 Å². The molecule has 29 heavy (non-hydrogen) atoms. The van der Waals surface area contributed by atoms with Crippen molar-refractivity contribution in [2.45, 2.75) is 31.7 Å². The highest BCUT2D eigenvalue weighted by Gasteiger charge is 2.29. The highest BCUT2D eigenvalue weighted by atomic mass is 16.5. The second-order valence-corrected chi connectivity index (χ2v) is 8.06. The molecule has 0 bridgehead atoms. The summed E-state index contributed by atoms with van der Waals surface area (Å²) in [5, 5.41) is 5.63. The molecule has 1 N–H and O–H groups in total. The number of urea groups is 1. The number of hydrogen-bond acceptors (Lipinski definition) is 3. The Morgan fingerprint density at radius 3 is 2.86 bits per heavy atom. The fourth-order valence-corrected chi connectivity index (χ4v) is 4.59. The molecule has 0 saturated carbocycles. The van der Waals surface area contributed by atoms with E-state index in [-0.39, 0.29) is 12.1 Å². The van der Waals surface area contributed by atoms with E-state index in [2.05, 4.69) is 47.6 Å². The summed E-state index contributed by atoms with van der Waals surface area (Å²) in [5.74, 6) is 1.35. The topological polar surface area (TPSA) is 54.5 Å². The molecular formula is C24H25N3O2. The predicted octanol–water partition coefficient (Wildman–Crippen LogP) is 4.57. The number of carbonyl (C=O) groups excluding carboxylic acids is 1. The number of nitrogens with zero attached hydrogens (tertiary/aromatic N) is 2. The van der Waals surface area contributed by atoms with Crippen molar-refractivity contribution in [3.63, 3.8) is 0 Å². The lowest BCUT2D eigenvalue weighted by Crippen LogP contribution is -2.45. The van der Waals surface area contributed by atoms with Gasteiger partial charge in [0.15, 0.2) is 0 Å². The van der Waals surface area contributed by atoms with Gasteiger partial charge < -0.3 is 15.0 Å². The fourth-order valence-electron chi connectivity index (χ4n) is 4.59. The molecule has 2 aliphatic rings. The third-order valence-electron chi connectivity index (χ3n) is 6.18. The number of hydrogen-bond donors (Lipinski definition) is 1. The number of benzene rings is 2. The van der Waals surface area contributed by atoms with Crippen LogP contribution in [0.3, 0.4) is 0 Å². The minimum Gasteiger partial charge on any atom is -0.491 e. The molecule has 0 spiro atoms. The number of pyridine rings is 1. The van der Waals surface area contributed by atoms with Crippen molar-refractivity contribution in [3.8, 4) is 5.75 Å². The first-order valence-corrected chi connectivity index (χ1v) is 10.3. The molecule has 148 valence electrons. The zero-order chi connectivity index (χ0) is 19.8. The van der Waals surface area contributed by atoms with Gasteiger partial charge in [-0.15, -0.1) is 0 Å². The molecule has 1 aromatic heterocycles. The Morgan fingerprint density at radius 1 is 1.14 bits per heavy atom. The zero-order valence-corrected chi connectivity index (χ0v) is 16.6. The van der Waals surface area contributed by atoms with Crippen molar-refractivity contribution < 1.29 is 9.53 Å². The van der Waals surface area contributed by atoms with E-state index in [9.17, 15) is 4.79 Å². The average molecular weight is 387 g/mol. The summed E-state index contributed by atoms with van der Waals surface area (Å²) in [6.07, 6.45) is 5.74. The maximum atomic E-state index is 12.9. The van der Waals surface area contributed by atoms with Gasteiger partial charge in [-0.05, 0) is 48.8 Å². The van der Waals surface area contributed by atoms with Gasteiger partial charge in [-0.2, -0.15) is 0 Å². The van der Waals surface area contributed by atoms with Crippen LogP contribution in [0.5, 0.6) is 5.75 Å². The molecule has 0 aliphatic carbocycles. The number of fused-ring (bicyclic) bond motifs is 2. The number of amides is 2. The largest absolute Gasteiger partial charge is 0.491 e. The van der Waals surface area contributed by atoms with Crippen molar-refractivity contribution >= 4 is 16.8 Å². The van der Waals surface area contributed by atoms with Crippen LogP contribution in [0.2, 0.25) is 0 Å². The quantitative estimate of drug-likeness (QED) is 0.701. The number of nitrogens with one attached hydrogen (secondary N) is 1. The van der Waals surface area contributed by atoms with Gasteiger partial charge in [-0.25, -0.2) is 4.79 Å². The van der Waals surface area contributed by atoms with Crippen LogP contribution in [0.1, 0.15) is 41.5 Å². The molecule has 2 amide bonds. The number of likely N-dealkylation sites (tertiary alicyclic amines) is 1. The number of piperidine rings is 1. The lowest BCUT2D eigenvalue weighted by Gasteiger charge is -2.33. The van der Waals surface area contributed by atoms with E-state index in [4.69, 9.17) is 4.74 Å². The number of rotatable bonds is 2. The van der Waals surface area contributed by atoms with Gasteiger partial charge in [0.2, 0.25) is 0 Å². The molecule has 2 aliphatic heterocycles. The smallest absolute Gasteiger partial charge is 0.318 e. The maximum absolute atomic E-state index is 12.9. The van der Waals surface area contributed by atoms with Crippen LogP contribution in [0.25, 0.3) is 10.8 Å². The molecule has 1 fully saturated rings. The van der Waals surface area contributed by atoms with E-state index in [1.54, 1.807) is 0 Å². The summed E-state index contributed by atoms with van der Waals surface area (Å²) >= 11 is 0. The fraction of sp³-hybridized carbons (Fsp3) is 0.333. The molecule has 5 heteroatoms. The Labute approximate surface area is 170 Å². The van der Waals surface area contributed by atoms with E-state index < -0.39 is 0 Å². The highest BCUT2D eigenvalue weighted by Crippen LogP contribution is 2.35. The van der Waals surface area contributed by atoms with Crippen LogP contribution in [-0.4, -0.2) is 35.6 Å². The minimum absolute atomic E-state index is 0.00789. The predicted molar refractivity (Wildman–Crippen MR) is 113 cm³/mol. The van der Waals surface area contributed by atoms with Gasteiger partial charge in [0.05, 0.1) is 6.04 Å². The van der Waals surface area contributed by atoms with Crippen molar-refractivity contribution in [1.29, 1.82) is 0 Å². The molecule has 3 heterocycles. The van der Waals surface area contributed by atoms with E-state index in [1.807, 2.05) is 29.4 Å². The third-order valence-corrected chi connectivity index (χ3v) is 6.18. The molecule has 2 aromatic carbocycles. The molecule has 1 atom stereocenters. The van der Waals surface area contributed by atoms with Gasteiger partial charge in [0.1, 0.15) is 12.4 Å². The first kappa shape index (κ1) is 18.0. The Kier molecular flexibility index (Phi) is 4.58. The average Bonchev–Trinajstić information content (AvgIpc) is 3.15. The van der Waals surface area contributed by atoms with Crippen LogP contribution >= 0.6 is 0 Å². The molecule has 3 aromatic rings. The number of carbonyl (C=O) groups is 1. The number of aromatic nitrogens is 1. The first-order chi connectivity index (χ1) is 14.2. The second kappa shape index (κ2) is 7.39. The van der Waals surface area contributed by atoms with Crippen molar-refractivity contribution in [2.75, 3.05) is 19.7 Å². The second-order valence-electron chi connectivity index (χ2n) is 8.06. The number of ether oxygens (including phenoxy) is 1. The maximum Gasteiger partial charge on any atom is 0.318 e. The standard InChI is InChI=1S/C24H25N3O2/c1-16-5-6-23-21(13-16)22(15-29-23)26-24(28)27-11-8-17(9-12-27)19-4-2-3-18-14-25-10-7-20(18)19/h2-7,10,13-14,17,22H,8-9,11-12,15H2,1H3,(H,26,28). The van der Waals surface area contributed by atoms with E-state index in [0.29, 0.717) is 12.5 Å². The zero-order valence-electron chi connectivity index (χ0n) is 16.6.